The molecule has 0 aliphatic rings. The van der Waals surface area contributed by atoms with Gasteiger partial charge in [-0.25, -0.2) is 6.92 Å². The van der Waals surface area contributed by atoms with Crippen LogP contribution in [0.25, 0.3) is 0 Å². The van der Waals surface area contributed by atoms with Gasteiger partial charge in [-0.05, 0) is 0 Å². The fourth-order valence-electron chi connectivity index (χ4n) is 0.0645. The summed E-state index contributed by atoms with van der Waals surface area (Å²) in [6.07, 6.45) is 2.74. The Morgan fingerprint density at radius 3 is 2.14 bits per heavy atom. The monoisotopic (exact) mass is 265 g/mol. The van der Waals surface area contributed by atoms with E-state index in [0.29, 0.717) is 0 Å². The summed E-state index contributed by atoms with van der Waals surface area (Å²) < 4.78 is 0. The fraction of sp³-hybridized carbons (Fsp3) is 0.400. The quantitative estimate of drug-likeness (QED) is 0.500. The second-order valence-electron chi connectivity index (χ2n) is 0.965. The van der Waals surface area contributed by atoms with Crippen LogP contribution in [0.4, 0.5) is 0 Å². The van der Waals surface area contributed by atoms with Crippen LogP contribution in [0, 0.1) is 6.08 Å². The Morgan fingerprint density at radius 2 is 2.14 bits per heavy atom. The second kappa shape index (κ2) is 6.10. The first-order chi connectivity index (χ1) is 2.81. The maximum absolute atomic E-state index is 4.81. The Bertz CT molecular complexity index is 76.1. The first-order valence-corrected chi connectivity index (χ1v) is 1.73. The molecule has 38 valence electrons. The van der Waals surface area contributed by atoms with Crippen LogP contribution >= 0.6 is 0 Å². The van der Waals surface area contributed by atoms with Crippen LogP contribution in [0.1, 0.15) is 13.8 Å². The fourth-order valence-corrected chi connectivity index (χ4v) is 0.0645. The molecule has 0 saturated heterocycles. The first-order valence-electron chi connectivity index (χ1n) is 1.73. The molecule has 0 aromatic rings. The van der Waals surface area contributed by atoms with Crippen molar-refractivity contribution < 1.29 is 21.1 Å². The average Bonchev–Trinajstić information content (AvgIpc) is 1.65. The second-order valence-corrected chi connectivity index (χ2v) is 0.965. The van der Waals surface area contributed by atoms with E-state index in [-0.39, 0.29) is 21.1 Å². The van der Waals surface area contributed by atoms with Crippen LogP contribution in [0.3, 0.4) is 0 Å². The van der Waals surface area contributed by atoms with Gasteiger partial charge in [0.2, 0.25) is 0 Å². The molecule has 0 N–H and O–H groups in total. The van der Waals surface area contributed by atoms with Crippen LogP contribution in [0.15, 0.2) is 10.7 Å². The molecule has 0 unspecified atom stereocenters. The molecule has 0 heterocycles. The molecule has 0 spiro atoms. The summed E-state index contributed by atoms with van der Waals surface area (Å²) in [4.78, 5) is 3.31. The Labute approximate surface area is 58.8 Å². The van der Waals surface area contributed by atoms with E-state index in [1.807, 2.05) is 0 Å². The summed E-state index contributed by atoms with van der Waals surface area (Å²) in [7, 11) is 0. The Kier molecular flexibility index (Phi) is 8.85. The summed E-state index contributed by atoms with van der Waals surface area (Å²) in [5.74, 6) is 0. The van der Waals surface area contributed by atoms with E-state index in [1.54, 1.807) is 13.8 Å². The molecule has 0 rings (SSSR count). The van der Waals surface area contributed by atoms with Gasteiger partial charge in [-0.2, -0.15) is 6.72 Å². The third-order valence-electron chi connectivity index (χ3n) is 0.555. The van der Waals surface area contributed by atoms with Gasteiger partial charge in [-0.1, -0.05) is 0 Å². The molecule has 0 aromatic heterocycles. The van der Waals surface area contributed by atoms with Crippen LogP contribution in [0.2, 0.25) is 0 Å². The smallest absolute Gasteiger partial charge is 0.584 e. The zero-order valence-electron chi connectivity index (χ0n) is 4.43. The molecule has 0 aromatic carbocycles. The standard InChI is InChI=1S/C5H7N.W/c1-4-5(2)6-3;/h3H,1-2H3;/q-2;+2. The summed E-state index contributed by atoms with van der Waals surface area (Å²) >= 11 is 0. The zero-order valence-corrected chi connectivity index (χ0v) is 7.37. The van der Waals surface area contributed by atoms with Gasteiger partial charge in [-0.15, -0.1) is 6.92 Å². The van der Waals surface area contributed by atoms with Gasteiger partial charge in [0.25, 0.3) is 0 Å². The summed E-state index contributed by atoms with van der Waals surface area (Å²) in [5, 5.41) is 0. The largest absolute Gasteiger partial charge is 2.00 e. The van der Waals surface area contributed by atoms with Crippen molar-refractivity contribution in [1.82, 2.24) is 0 Å². The molecular weight excluding hydrogens is 258 g/mol. The minimum Gasteiger partial charge on any atom is -0.584 e. The van der Waals surface area contributed by atoms with E-state index in [4.69, 9.17) is 6.72 Å². The van der Waals surface area contributed by atoms with Crippen molar-refractivity contribution in [1.29, 1.82) is 0 Å². The molecule has 2 heteroatoms. The van der Waals surface area contributed by atoms with Crippen molar-refractivity contribution in [2.45, 2.75) is 13.8 Å². The van der Waals surface area contributed by atoms with Crippen molar-refractivity contribution in [2.24, 2.45) is 4.99 Å². The summed E-state index contributed by atoms with van der Waals surface area (Å²) in [6.45, 7) is 8.37. The predicted molar refractivity (Wildman–Crippen MR) is 26.6 cm³/mol. The van der Waals surface area contributed by atoms with Crippen LogP contribution in [-0.2, 0) is 21.1 Å². The first kappa shape index (κ1) is 10.2. The van der Waals surface area contributed by atoms with Gasteiger partial charge in [-0.3, -0.25) is 0 Å². The number of nitrogens with zero attached hydrogens (tertiary/aromatic N) is 1. The van der Waals surface area contributed by atoms with Gasteiger partial charge >= 0.3 is 21.1 Å². The maximum atomic E-state index is 4.81. The minimum atomic E-state index is 0. The van der Waals surface area contributed by atoms with Crippen LogP contribution in [0.5, 0.6) is 0 Å². The number of hydrogen-bond donors (Lipinski definition) is 0. The Balaban J connectivity index is 0. The molecule has 0 aliphatic carbocycles. The van der Waals surface area contributed by atoms with Gasteiger partial charge in [0.15, 0.2) is 0 Å². The van der Waals surface area contributed by atoms with Crippen LogP contribution in [-0.4, -0.2) is 6.72 Å². The summed E-state index contributed by atoms with van der Waals surface area (Å²) in [6, 6.07) is 0. The van der Waals surface area contributed by atoms with Gasteiger partial charge in [0, 0.05) is 0 Å². The molecular formula is C5H7NW. The van der Waals surface area contributed by atoms with Crippen molar-refractivity contribution >= 4 is 6.72 Å². The molecule has 0 radical (unpaired) electrons. The topological polar surface area (TPSA) is 12.4 Å². The molecule has 0 amide bonds. The Hall–Kier alpha value is 0.0983. The normalized spacial score (nSPS) is 9.71. The number of rotatable bonds is 1. The van der Waals surface area contributed by atoms with E-state index < -0.39 is 0 Å². The minimum absolute atomic E-state index is 0. The third kappa shape index (κ3) is 6.10. The maximum Gasteiger partial charge on any atom is 2.00 e. The van der Waals surface area contributed by atoms with E-state index in [1.165, 1.54) is 0 Å². The Morgan fingerprint density at radius 1 is 1.71 bits per heavy atom. The SMILES string of the molecule is [CH-]=NC(C)=[C-]C.[W+2]. The van der Waals surface area contributed by atoms with E-state index >= 15 is 0 Å². The molecule has 0 saturated carbocycles. The number of aliphatic imine (C=N–C) groups is 1. The van der Waals surface area contributed by atoms with Crippen LogP contribution < -0.4 is 0 Å². The molecule has 0 aliphatic heterocycles. The molecule has 7 heavy (non-hydrogen) atoms. The van der Waals surface area contributed by atoms with Gasteiger partial charge in [0.1, 0.15) is 0 Å². The van der Waals surface area contributed by atoms with Gasteiger partial charge in [0.05, 0.1) is 0 Å². The summed E-state index contributed by atoms with van der Waals surface area (Å²) in [5.41, 5.74) is 0.745. The van der Waals surface area contributed by atoms with Crippen molar-refractivity contribution in [2.75, 3.05) is 0 Å². The van der Waals surface area contributed by atoms with E-state index in [0.717, 1.165) is 5.70 Å². The molecule has 0 bridgehead atoms. The van der Waals surface area contributed by atoms with E-state index in [2.05, 4.69) is 11.1 Å². The van der Waals surface area contributed by atoms with Crippen molar-refractivity contribution in [3.63, 3.8) is 0 Å². The average molecular weight is 265 g/mol. The van der Waals surface area contributed by atoms with Gasteiger partial charge < -0.3 is 16.8 Å². The predicted octanol–water partition coefficient (Wildman–Crippen LogP) is 1.29. The van der Waals surface area contributed by atoms with Crippen molar-refractivity contribution in [3.05, 3.63) is 11.8 Å². The molecule has 0 atom stereocenters. The number of hydrogen-bond acceptors (Lipinski definition) is 1. The third-order valence-corrected chi connectivity index (χ3v) is 0.555. The molecule has 0 fully saturated rings. The zero-order chi connectivity index (χ0) is 4.99. The number of allylic oxidation sites excluding steroid dienone is 2. The molecule has 1 nitrogen and oxygen atoms in total. The van der Waals surface area contributed by atoms with E-state index in [9.17, 15) is 0 Å². The van der Waals surface area contributed by atoms with Crippen molar-refractivity contribution in [3.8, 4) is 0 Å².